The van der Waals surface area contributed by atoms with Crippen LogP contribution in [-0.4, -0.2) is 193 Å². The van der Waals surface area contributed by atoms with Gasteiger partial charge in [0, 0.05) is 6.42 Å². The van der Waals surface area contributed by atoms with Crippen molar-refractivity contribution >= 4 is 5.91 Å². The fraction of sp³-hybridized carbons (Fsp3) is 0.840. The SMILES string of the molecule is CC/C=C\C/C=C\C/C=C\C/C=C\C/C=C\CCCCCCCCCC(=O)NC(COC1OC(CO)C(OC2OC(CO)C(OC3OC(CO)C(O)C(O)C3O)C(O)C2O)C(O)C1O)C(O)/C=C/CCCCCCCCCCCCCCCCCCCCCCCCCCCCCCCC. The van der Waals surface area contributed by atoms with Gasteiger partial charge in [0.25, 0.3) is 0 Å². The van der Waals surface area contributed by atoms with Crippen LogP contribution in [0.2, 0.25) is 0 Å². The summed E-state index contributed by atoms with van der Waals surface area (Å²) in [6.07, 6.45) is 53.2. The molecule has 0 aliphatic carbocycles. The Morgan fingerprint density at radius 2 is 0.690 bits per heavy atom. The molecule has 17 unspecified atom stereocenters. The molecular weight excluding hydrogens is 1270 g/mol. The molecule has 0 radical (unpaired) electrons. The number of nitrogens with one attached hydrogen (secondary N) is 1. The van der Waals surface area contributed by atoms with E-state index in [4.69, 9.17) is 28.4 Å². The maximum absolute atomic E-state index is 13.5. The maximum atomic E-state index is 13.5. The molecule has 0 bridgehead atoms. The van der Waals surface area contributed by atoms with Crippen molar-refractivity contribution in [1.29, 1.82) is 0 Å². The number of ether oxygens (including phenoxy) is 6. The lowest BCUT2D eigenvalue weighted by molar-refractivity contribution is -0.379. The fourth-order valence-corrected chi connectivity index (χ4v) is 13.3. The van der Waals surface area contributed by atoms with Crippen molar-refractivity contribution in [3.8, 4) is 0 Å². The van der Waals surface area contributed by atoms with Gasteiger partial charge in [-0.2, -0.15) is 0 Å². The van der Waals surface area contributed by atoms with Crippen molar-refractivity contribution in [2.45, 2.75) is 407 Å². The van der Waals surface area contributed by atoms with Gasteiger partial charge in [-0.25, -0.2) is 0 Å². The summed E-state index contributed by atoms with van der Waals surface area (Å²) in [5, 5.41) is 121. The van der Waals surface area contributed by atoms with Crippen LogP contribution in [0.15, 0.2) is 72.9 Å². The molecule has 3 aliphatic heterocycles. The van der Waals surface area contributed by atoms with Crippen LogP contribution in [0.5, 0.6) is 0 Å². The molecule has 3 fully saturated rings. The first-order valence-corrected chi connectivity index (χ1v) is 40.2. The normalized spacial score (nSPS) is 26.8. The fourth-order valence-electron chi connectivity index (χ4n) is 13.3. The van der Waals surface area contributed by atoms with Crippen LogP contribution in [0.1, 0.15) is 303 Å². The predicted octanol–water partition coefficient (Wildman–Crippen LogP) is 13.2. The van der Waals surface area contributed by atoms with Crippen LogP contribution >= 0.6 is 0 Å². The number of unbranched alkanes of at least 4 members (excludes halogenated alkanes) is 37. The molecule has 0 spiro atoms. The summed E-state index contributed by atoms with van der Waals surface area (Å²) in [5.74, 6) is -0.286. The number of amides is 1. The minimum absolute atomic E-state index is 0.227. The Hall–Kier alpha value is -2.77. The van der Waals surface area contributed by atoms with Gasteiger partial charge < -0.3 is 89.9 Å². The molecule has 0 aromatic heterocycles. The van der Waals surface area contributed by atoms with E-state index in [9.17, 15) is 61.0 Å². The first-order valence-electron chi connectivity index (χ1n) is 40.2. The molecule has 3 saturated heterocycles. The summed E-state index contributed by atoms with van der Waals surface area (Å²) in [5.41, 5.74) is 0. The Morgan fingerprint density at radius 1 is 0.370 bits per heavy atom. The largest absolute Gasteiger partial charge is 0.394 e. The number of carbonyl (C=O) groups is 1. The van der Waals surface area contributed by atoms with Crippen molar-refractivity contribution in [3.63, 3.8) is 0 Å². The molecule has 1 amide bonds. The molecule has 3 rings (SSSR count). The number of allylic oxidation sites excluding steroid dienone is 11. The van der Waals surface area contributed by atoms with Crippen LogP contribution in [0.25, 0.3) is 0 Å². The standard InChI is InChI=1S/C81H145NO18/c1-3-5-7-9-11-13-15-17-19-21-23-25-27-28-29-30-31-32-33-34-35-37-38-40-42-44-46-48-50-52-54-56-58-65(86)64(82-69(87)59-57-55-53-51-49-47-45-43-41-39-36-26-24-22-20-18-16-14-12-10-8-6-4-2)63-95-79-75(93)72(90)77(67(61-84)97-79)100-81-76(94)73(91)78(68(62-85)98-81)99-80-74(92)71(89)70(88)66(60-83)96-80/h6,8,12,14,18,20,24,26,39,41,56,58,64-68,70-81,83-86,88-94H,3-5,7,9-11,13,15-17,19,21-23,25,27-38,40,42-55,57,59-63H2,1-2H3,(H,82,87)/b8-6-,14-12-,20-18-,26-24-,41-39-,58-56+. The van der Waals surface area contributed by atoms with E-state index in [1.54, 1.807) is 6.08 Å². The number of hydrogen-bond acceptors (Lipinski definition) is 18. The van der Waals surface area contributed by atoms with E-state index in [2.05, 4.69) is 79.9 Å². The summed E-state index contributed by atoms with van der Waals surface area (Å²) in [6, 6.07) is -0.986. The van der Waals surface area contributed by atoms with E-state index in [1.807, 2.05) is 6.08 Å². The van der Waals surface area contributed by atoms with Crippen LogP contribution in [-0.2, 0) is 33.2 Å². The number of aliphatic hydroxyl groups excluding tert-OH is 11. The van der Waals surface area contributed by atoms with Crippen molar-refractivity contribution in [1.82, 2.24) is 5.32 Å². The smallest absolute Gasteiger partial charge is 0.220 e. The van der Waals surface area contributed by atoms with Crippen LogP contribution in [0, 0.1) is 0 Å². The van der Waals surface area contributed by atoms with E-state index in [0.717, 1.165) is 103 Å². The molecule has 19 heteroatoms. The third-order valence-electron chi connectivity index (χ3n) is 19.8. The predicted molar refractivity (Wildman–Crippen MR) is 397 cm³/mol. The van der Waals surface area contributed by atoms with E-state index < -0.39 is 124 Å². The van der Waals surface area contributed by atoms with E-state index in [-0.39, 0.29) is 18.9 Å². The Kier molecular flexibility index (Phi) is 56.1. The third-order valence-corrected chi connectivity index (χ3v) is 19.8. The molecule has 582 valence electrons. The molecule has 0 aromatic rings. The van der Waals surface area contributed by atoms with Gasteiger partial charge in [0.2, 0.25) is 5.91 Å². The zero-order chi connectivity index (χ0) is 72.5. The topological polar surface area (TPSA) is 307 Å². The molecule has 0 aromatic carbocycles. The first kappa shape index (κ1) is 91.4. The first-order chi connectivity index (χ1) is 48.8. The molecule has 3 heterocycles. The lowest BCUT2D eigenvalue weighted by Crippen LogP contribution is -2.66. The van der Waals surface area contributed by atoms with Gasteiger partial charge >= 0.3 is 0 Å². The monoisotopic (exact) mass is 1420 g/mol. The van der Waals surface area contributed by atoms with Crippen molar-refractivity contribution in [3.05, 3.63) is 72.9 Å². The molecule has 12 N–H and O–H groups in total. The minimum Gasteiger partial charge on any atom is -0.394 e. The molecule has 3 aliphatic rings. The number of hydrogen-bond donors (Lipinski definition) is 12. The van der Waals surface area contributed by atoms with Gasteiger partial charge in [-0.15, -0.1) is 0 Å². The molecule has 19 nitrogen and oxygen atoms in total. The number of rotatable bonds is 63. The Labute approximate surface area is 604 Å². The molecule has 0 saturated carbocycles. The Morgan fingerprint density at radius 3 is 1.08 bits per heavy atom. The lowest BCUT2D eigenvalue weighted by atomic mass is 9.96. The van der Waals surface area contributed by atoms with Crippen LogP contribution in [0.4, 0.5) is 0 Å². The highest BCUT2D eigenvalue weighted by Crippen LogP contribution is 2.33. The minimum atomic E-state index is -1.98. The Balaban J connectivity index is 1.38. The van der Waals surface area contributed by atoms with Gasteiger partial charge in [0.15, 0.2) is 18.9 Å². The highest BCUT2D eigenvalue weighted by atomic mass is 16.8. The van der Waals surface area contributed by atoms with Crippen molar-refractivity contribution in [2.75, 3.05) is 26.4 Å². The van der Waals surface area contributed by atoms with E-state index in [1.165, 1.54) is 173 Å². The summed E-state index contributed by atoms with van der Waals surface area (Å²) in [6.45, 7) is 1.64. The summed E-state index contributed by atoms with van der Waals surface area (Å²) < 4.78 is 34.4. The average Bonchev–Trinajstić information content (AvgIpc) is 0.783. The van der Waals surface area contributed by atoms with Crippen molar-refractivity contribution in [2.24, 2.45) is 0 Å². The number of carbonyl (C=O) groups excluding carboxylic acids is 1. The second-order valence-electron chi connectivity index (χ2n) is 28.5. The maximum Gasteiger partial charge on any atom is 0.220 e. The second kappa shape index (κ2) is 61.4. The summed E-state index contributed by atoms with van der Waals surface area (Å²) in [7, 11) is 0. The Bertz CT molecular complexity index is 2090. The summed E-state index contributed by atoms with van der Waals surface area (Å²) >= 11 is 0. The van der Waals surface area contributed by atoms with Gasteiger partial charge in [0.05, 0.1) is 38.6 Å². The van der Waals surface area contributed by atoms with Crippen LogP contribution in [0.3, 0.4) is 0 Å². The third kappa shape index (κ3) is 41.2. The van der Waals surface area contributed by atoms with E-state index >= 15 is 0 Å². The molecular formula is C81H145NO18. The zero-order valence-electron chi connectivity index (χ0n) is 62.2. The zero-order valence-corrected chi connectivity index (χ0v) is 62.2. The van der Waals surface area contributed by atoms with Gasteiger partial charge in [-0.1, -0.05) is 305 Å². The number of aliphatic hydroxyl groups is 11. The van der Waals surface area contributed by atoms with Gasteiger partial charge in [-0.05, 0) is 64.2 Å². The van der Waals surface area contributed by atoms with Gasteiger partial charge in [-0.3, -0.25) is 4.79 Å². The average molecular weight is 1420 g/mol. The highest BCUT2D eigenvalue weighted by Gasteiger charge is 2.54. The summed E-state index contributed by atoms with van der Waals surface area (Å²) in [4.78, 5) is 13.5. The van der Waals surface area contributed by atoms with E-state index in [0.29, 0.717) is 6.42 Å². The quantitative estimate of drug-likeness (QED) is 0.0199. The molecule has 100 heavy (non-hydrogen) atoms. The van der Waals surface area contributed by atoms with Crippen LogP contribution < -0.4 is 5.32 Å². The van der Waals surface area contributed by atoms with Gasteiger partial charge in [0.1, 0.15) is 73.2 Å². The lowest BCUT2D eigenvalue weighted by Gasteiger charge is -2.48. The molecule has 17 atom stereocenters. The van der Waals surface area contributed by atoms with Crippen molar-refractivity contribution < 1.29 is 89.4 Å². The second-order valence-corrected chi connectivity index (χ2v) is 28.5. The highest BCUT2D eigenvalue weighted by molar-refractivity contribution is 5.76.